The number of fused-ring (bicyclic) bond motifs is 2. The number of rotatable bonds is 1. The highest BCUT2D eigenvalue weighted by atomic mass is 15.0. The summed E-state index contributed by atoms with van der Waals surface area (Å²) in [4.78, 5) is 16.1. The van der Waals surface area contributed by atoms with Gasteiger partial charge in [0.1, 0.15) is 5.52 Å². The van der Waals surface area contributed by atoms with E-state index >= 15 is 0 Å². The summed E-state index contributed by atoms with van der Waals surface area (Å²) in [6, 6.07) is 14.4. The van der Waals surface area contributed by atoms with Gasteiger partial charge in [-0.3, -0.25) is 0 Å². The normalized spacial score (nSPS) is 11.2. The van der Waals surface area contributed by atoms with E-state index in [1.54, 1.807) is 12.5 Å². The van der Waals surface area contributed by atoms with Crippen molar-refractivity contribution in [2.45, 2.75) is 0 Å². The van der Waals surface area contributed by atoms with Crippen LogP contribution in [0.2, 0.25) is 0 Å². The van der Waals surface area contributed by atoms with Gasteiger partial charge in [0.2, 0.25) is 0 Å². The molecule has 4 aromatic rings. The molecule has 0 radical (unpaired) electrons. The van der Waals surface area contributed by atoms with Crippen molar-refractivity contribution in [2.75, 3.05) is 0 Å². The summed E-state index contributed by atoms with van der Waals surface area (Å²) in [7, 11) is 0. The predicted octanol–water partition coefficient (Wildman–Crippen LogP) is 3.17. The van der Waals surface area contributed by atoms with Crippen LogP contribution in [0.3, 0.4) is 0 Å². The highest BCUT2D eigenvalue weighted by molar-refractivity contribution is 5.95. The minimum atomic E-state index is 0.716. The number of hydrogen-bond acceptors (Lipinski definition) is 3. The maximum atomic E-state index is 4.53. The fourth-order valence-electron chi connectivity index (χ4n) is 2.29. The van der Waals surface area contributed by atoms with Crippen LogP contribution in [0.15, 0.2) is 55.0 Å². The molecule has 0 atom stereocenters. The molecule has 0 fully saturated rings. The van der Waals surface area contributed by atoms with Crippen LogP contribution in [-0.4, -0.2) is 19.9 Å². The second-order valence-electron chi connectivity index (χ2n) is 4.36. The van der Waals surface area contributed by atoms with Crippen LogP contribution in [0.25, 0.3) is 33.3 Å². The van der Waals surface area contributed by atoms with Gasteiger partial charge in [0.15, 0.2) is 11.5 Å². The Bertz CT molecular complexity index is 874. The first kappa shape index (κ1) is 10.2. The Hall–Kier alpha value is -2.75. The third kappa shape index (κ3) is 1.57. The van der Waals surface area contributed by atoms with E-state index in [2.05, 4.69) is 38.1 Å². The highest BCUT2D eigenvalue weighted by Crippen LogP contribution is 2.26. The van der Waals surface area contributed by atoms with Crippen LogP contribution in [0.1, 0.15) is 0 Å². The molecule has 0 aliphatic heterocycles. The molecule has 90 valence electrons. The molecule has 0 aliphatic carbocycles. The van der Waals surface area contributed by atoms with Crippen LogP contribution in [0.4, 0.5) is 0 Å². The maximum Gasteiger partial charge on any atom is 0.162 e. The van der Waals surface area contributed by atoms with E-state index < -0.39 is 0 Å². The van der Waals surface area contributed by atoms with Gasteiger partial charge in [-0.05, 0) is 10.8 Å². The van der Waals surface area contributed by atoms with Gasteiger partial charge in [0, 0.05) is 5.56 Å². The monoisotopic (exact) mass is 246 g/mol. The SMILES string of the molecule is c1ccc2c(-c3ncc4nc[nH]c4n3)cccc2c1. The zero-order valence-electron chi connectivity index (χ0n) is 10.0. The van der Waals surface area contributed by atoms with Crippen LogP contribution in [-0.2, 0) is 0 Å². The number of nitrogens with one attached hydrogen (secondary N) is 1. The molecule has 0 bridgehead atoms. The van der Waals surface area contributed by atoms with Gasteiger partial charge in [-0.25, -0.2) is 15.0 Å². The van der Waals surface area contributed by atoms with Crippen LogP contribution < -0.4 is 0 Å². The maximum absolute atomic E-state index is 4.53. The summed E-state index contributed by atoms with van der Waals surface area (Å²) in [5.74, 6) is 0.716. The summed E-state index contributed by atoms with van der Waals surface area (Å²) < 4.78 is 0. The topological polar surface area (TPSA) is 54.5 Å². The number of hydrogen-bond donors (Lipinski definition) is 1. The predicted molar refractivity (Wildman–Crippen MR) is 74.6 cm³/mol. The molecule has 0 unspecified atom stereocenters. The van der Waals surface area contributed by atoms with Gasteiger partial charge in [-0.2, -0.15) is 0 Å². The smallest absolute Gasteiger partial charge is 0.162 e. The molecule has 2 aromatic carbocycles. The third-order valence-corrected chi connectivity index (χ3v) is 3.20. The van der Waals surface area contributed by atoms with Crippen molar-refractivity contribution in [3.05, 3.63) is 55.0 Å². The molecule has 0 spiro atoms. The van der Waals surface area contributed by atoms with E-state index in [1.807, 2.05) is 24.3 Å². The molecule has 4 heteroatoms. The molecule has 2 heterocycles. The Kier molecular flexibility index (Phi) is 2.08. The van der Waals surface area contributed by atoms with E-state index in [0.717, 1.165) is 22.1 Å². The number of imidazole rings is 1. The van der Waals surface area contributed by atoms with E-state index in [4.69, 9.17) is 0 Å². The summed E-state index contributed by atoms with van der Waals surface area (Å²) in [5.41, 5.74) is 2.58. The lowest BCUT2D eigenvalue weighted by Gasteiger charge is -2.04. The largest absolute Gasteiger partial charge is 0.329 e. The number of nitrogens with zero attached hydrogens (tertiary/aromatic N) is 3. The second-order valence-corrected chi connectivity index (χ2v) is 4.36. The first-order chi connectivity index (χ1) is 9.42. The van der Waals surface area contributed by atoms with Crippen molar-refractivity contribution in [3.63, 3.8) is 0 Å². The molecule has 19 heavy (non-hydrogen) atoms. The Morgan fingerprint density at radius 1 is 0.895 bits per heavy atom. The minimum absolute atomic E-state index is 0.716. The number of H-pyrrole nitrogens is 1. The van der Waals surface area contributed by atoms with Crippen molar-refractivity contribution in [2.24, 2.45) is 0 Å². The van der Waals surface area contributed by atoms with E-state index in [-0.39, 0.29) is 0 Å². The fourth-order valence-corrected chi connectivity index (χ4v) is 2.29. The first-order valence-corrected chi connectivity index (χ1v) is 6.06. The van der Waals surface area contributed by atoms with Crippen molar-refractivity contribution < 1.29 is 0 Å². The summed E-state index contributed by atoms with van der Waals surface area (Å²) >= 11 is 0. The molecule has 0 saturated carbocycles. The van der Waals surface area contributed by atoms with Crippen molar-refractivity contribution in [1.82, 2.24) is 19.9 Å². The molecule has 0 aliphatic rings. The average molecular weight is 246 g/mol. The van der Waals surface area contributed by atoms with Crippen LogP contribution in [0, 0.1) is 0 Å². The summed E-state index contributed by atoms with van der Waals surface area (Å²) in [5, 5.41) is 2.34. The number of aromatic nitrogens is 4. The van der Waals surface area contributed by atoms with E-state index in [0.29, 0.717) is 5.82 Å². The number of benzene rings is 2. The average Bonchev–Trinajstić information content (AvgIpc) is 2.94. The van der Waals surface area contributed by atoms with Gasteiger partial charge >= 0.3 is 0 Å². The standard InChI is InChI=1S/C15H10N4/c1-2-6-11-10(4-1)5-3-7-12(11)14-16-8-13-15(19-14)18-9-17-13/h1-9H,(H,16,17,18,19). The molecule has 1 N–H and O–H groups in total. The fraction of sp³-hybridized carbons (Fsp3) is 0. The molecule has 4 rings (SSSR count). The summed E-state index contributed by atoms with van der Waals surface area (Å²) in [6.07, 6.45) is 3.38. The van der Waals surface area contributed by atoms with E-state index in [1.165, 1.54) is 5.39 Å². The van der Waals surface area contributed by atoms with Crippen molar-refractivity contribution in [3.8, 4) is 11.4 Å². The van der Waals surface area contributed by atoms with Gasteiger partial charge in [0.05, 0.1) is 12.5 Å². The molecule has 0 amide bonds. The Morgan fingerprint density at radius 3 is 2.79 bits per heavy atom. The highest BCUT2D eigenvalue weighted by Gasteiger charge is 2.07. The van der Waals surface area contributed by atoms with E-state index in [9.17, 15) is 0 Å². The third-order valence-electron chi connectivity index (χ3n) is 3.20. The lowest BCUT2D eigenvalue weighted by Crippen LogP contribution is -1.90. The zero-order valence-corrected chi connectivity index (χ0v) is 10.0. The van der Waals surface area contributed by atoms with Crippen molar-refractivity contribution >= 4 is 21.9 Å². The van der Waals surface area contributed by atoms with Crippen LogP contribution in [0.5, 0.6) is 0 Å². The molecule has 2 aromatic heterocycles. The Morgan fingerprint density at radius 2 is 1.79 bits per heavy atom. The second kappa shape index (κ2) is 3.88. The van der Waals surface area contributed by atoms with Crippen molar-refractivity contribution in [1.29, 1.82) is 0 Å². The number of aromatic amines is 1. The van der Waals surface area contributed by atoms with Gasteiger partial charge < -0.3 is 4.98 Å². The Balaban J connectivity index is 2.03. The van der Waals surface area contributed by atoms with Gasteiger partial charge in [-0.15, -0.1) is 0 Å². The van der Waals surface area contributed by atoms with Gasteiger partial charge in [0.25, 0.3) is 0 Å². The molecule has 0 saturated heterocycles. The van der Waals surface area contributed by atoms with Gasteiger partial charge in [-0.1, -0.05) is 42.5 Å². The first-order valence-electron chi connectivity index (χ1n) is 6.06. The lowest BCUT2D eigenvalue weighted by atomic mass is 10.0. The molecular weight excluding hydrogens is 236 g/mol. The summed E-state index contributed by atoms with van der Waals surface area (Å²) in [6.45, 7) is 0. The van der Waals surface area contributed by atoms with Crippen LogP contribution >= 0.6 is 0 Å². The lowest BCUT2D eigenvalue weighted by molar-refractivity contribution is 1.21. The molecule has 4 nitrogen and oxygen atoms in total. The minimum Gasteiger partial charge on any atom is -0.329 e. The molecular formula is C15H10N4. The zero-order chi connectivity index (χ0) is 12.7. The Labute approximate surface area is 109 Å². The quantitative estimate of drug-likeness (QED) is 0.561.